The van der Waals surface area contributed by atoms with Crippen LogP contribution in [-0.4, -0.2) is 20.0 Å². The van der Waals surface area contributed by atoms with E-state index in [9.17, 15) is 8.42 Å². The second-order valence-electron chi connectivity index (χ2n) is 4.65. The smallest absolute Gasteiger partial charge is 0.232 e. The van der Waals surface area contributed by atoms with Crippen LogP contribution in [0, 0.1) is 11.3 Å². The highest BCUT2D eigenvalue weighted by Crippen LogP contribution is 2.32. The van der Waals surface area contributed by atoms with Gasteiger partial charge in [0.05, 0.1) is 5.75 Å². The number of benzene rings is 1. The predicted octanol–water partition coefficient (Wildman–Crippen LogP) is 1.51. The van der Waals surface area contributed by atoms with E-state index in [1.54, 1.807) is 24.3 Å². The van der Waals surface area contributed by atoms with Gasteiger partial charge in [0.2, 0.25) is 10.0 Å². The third-order valence-corrected chi connectivity index (χ3v) is 4.26. The summed E-state index contributed by atoms with van der Waals surface area (Å²) in [4.78, 5) is 0. The number of hydrogen-bond acceptors (Lipinski definition) is 3. The topological polar surface area (TPSA) is 96.0 Å². The van der Waals surface area contributed by atoms with Crippen molar-refractivity contribution >= 4 is 21.5 Å². The molecule has 5 nitrogen and oxygen atoms in total. The fraction of sp³-hybridized carbons (Fsp3) is 0.417. The first-order valence-corrected chi connectivity index (χ1v) is 7.56. The van der Waals surface area contributed by atoms with Gasteiger partial charge in [0.25, 0.3) is 0 Å². The van der Waals surface area contributed by atoms with Crippen molar-refractivity contribution in [1.29, 1.82) is 5.41 Å². The van der Waals surface area contributed by atoms with Crippen molar-refractivity contribution in [3.05, 3.63) is 29.8 Å². The maximum Gasteiger partial charge on any atom is 0.232 e. The zero-order chi connectivity index (χ0) is 13.2. The molecular formula is C12H17N3O2S. The molecule has 2 rings (SSSR count). The van der Waals surface area contributed by atoms with Crippen LogP contribution < -0.4 is 10.5 Å². The molecule has 98 valence electrons. The van der Waals surface area contributed by atoms with Gasteiger partial charge in [-0.2, -0.15) is 0 Å². The molecule has 0 saturated heterocycles. The van der Waals surface area contributed by atoms with Gasteiger partial charge < -0.3 is 5.73 Å². The molecule has 0 bridgehead atoms. The van der Waals surface area contributed by atoms with E-state index in [0.29, 0.717) is 17.2 Å². The minimum Gasteiger partial charge on any atom is -0.384 e. The van der Waals surface area contributed by atoms with Gasteiger partial charge in [-0.15, -0.1) is 0 Å². The Bertz CT molecular complexity index is 550. The van der Waals surface area contributed by atoms with Gasteiger partial charge in [-0.3, -0.25) is 10.1 Å². The molecule has 1 fully saturated rings. The van der Waals surface area contributed by atoms with Crippen LogP contribution >= 0.6 is 0 Å². The Kier molecular flexibility index (Phi) is 3.56. The Morgan fingerprint density at radius 1 is 1.44 bits per heavy atom. The molecule has 0 atom stereocenters. The van der Waals surface area contributed by atoms with Crippen LogP contribution in [0.3, 0.4) is 0 Å². The van der Waals surface area contributed by atoms with Gasteiger partial charge in [0.1, 0.15) is 5.84 Å². The zero-order valence-electron chi connectivity index (χ0n) is 10.0. The number of amidine groups is 1. The number of rotatable bonds is 6. The summed E-state index contributed by atoms with van der Waals surface area (Å²) in [6, 6.07) is 6.57. The van der Waals surface area contributed by atoms with Gasteiger partial charge in [-0.05, 0) is 24.5 Å². The number of hydrogen-bond donors (Lipinski definition) is 3. The minimum absolute atomic E-state index is 0.0750. The fourth-order valence-corrected chi connectivity index (χ4v) is 2.94. The van der Waals surface area contributed by atoms with E-state index < -0.39 is 10.0 Å². The number of nitrogen functional groups attached to an aromatic ring is 1. The van der Waals surface area contributed by atoms with Crippen molar-refractivity contribution in [1.82, 2.24) is 0 Å². The monoisotopic (exact) mass is 267 g/mol. The van der Waals surface area contributed by atoms with E-state index in [-0.39, 0.29) is 11.6 Å². The molecule has 0 spiro atoms. The lowest BCUT2D eigenvalue weighted by atomic mass is 10.2. The molecule has 1 aliphatic carbocycles. The zero-order valence-corrected chi connectivity index (χ0v) is 10.8. The number of anilines is 1. The molecule has 1 aromatic rings. The average Bonchev–Trinajstić information content (AvgIpc) is 3.10. The summed E-state index contributed by atoms with van der Waals surface area (Å²) in [5, 5.41) is 7.31. The van der Waals surface area contributed by atoms with E-state index in [2.05, 4.69) is 4.72 Å². The van der Waals surface area contributed by atoms with E-state index in [1.807, 2.05) is 0 Å². The molecule has 0 unspecified atom stereocenters. The minimum atomic E-state index is -3.29. The third kappa shape index (κ3) is 3.73. The van der Waals surface area contributed by atoms with Crippen LogP contribution in [0.25, 0.3) is 0 Å². The Balaban J connectivity index is 2.02. The molecule has 0 amide bonds. The van der Waals surface area contributed by atoms with Crippen molar-refractivity contribution in [3.63, 3.8) is 0 Å². The summed E-state index contributed by atoms with van der Waals surface area (Å²) in [7, 11) is -3.29. The maximum atomic E-state index is 11.8. The normalized spacial score (nSPS) is 15.3. The SMILES string of the molecule is N=C(N)c1cccc(NS(=O)(=O)CCC2CC2)c1. The maximum absolute atomic E-state index is 11.8. The lowest BCUT2D eigenvalue weighted by molar-refractivity contribution is 0.595. The summed E-state index contributed by atoms with van der Waals surface area (Å²) in [5.74, 6) is 0.668. The summed E-state index contributed by atoms with van der Waals surface area (Å²) >= 11 is 0. The Hall–Kier alpha value is -1.56. The van der Waals surface area contributed by atoms with Crippen LogP contribution in [0.5, 0.6) is 0 Å². The lowest BCUT2D eigenvalue weighted by Gasteiger charge is -2.08. The van der Waals surface area contributed by atoms with Crippen molar-refractivity contribution in [2.24, 2.45) is 11.7 Å². The van der Waals surface area contributed by atoms with Gasteiger partial charge in [0.15, 0.2) is 0 Å². The van der Waals surface area contributed by atoms with E-state index in [1.165, 1.54) is 0 Å². The van der Waals surface area contributed by atoms with E-state index in [4.69, 9.17) is 11.1 Å². The molecule has 0 aromatic heterocycles. The van der Waals surface area contributed by atoms with Crippen molar-refractivity contribution in [2.75, 3.05) is 10.5 Å². The molecule has 0 radical (unpaired) electrons. The standard InChI is InChI=1S/C12H17N3O2S/c13-12(14)10-2-1-3-11(8-10)15-18(16,17)7-6-9-4-5-9/h1-3,8-9,15H,4-7H2,(H3,13,14). The highest BCUT2D eigenvalue weighted by Gasteiger charge is 2.23. The third-order valence-electron chi connectivity index (χ3n) is 2.94. The van der Waals surface area contributed by atoms with Crippen molar-refractivity contribution in [2.45, 2.75) is 19.3 Å². The fourth-order valence-electron chi connectivity index (χ4n) is 1.71. The molecule has 0 heterocycles. The summed E-state index contributed by atoms with van der Waals surface area (Å²) in [6.07, 6.45) is 3.02. The van der Waals surface area contributed by atoms with E-state index >= 15 is 0 Å². The van der Waals surface area contributed by atoms with Crippen LogP contribution in [-0.2, 0) is 10.0 Å². The van der Waals surface area contributed by atoms with Crippen molar-refractivity contribution < 1.29 is 8.42 Å². The van der Waals surface area contributed by atoms with Crippen molar-refractivity contribution in [3.8, 4) is 0 Å². The molecule has 1 aliphatic rings. The Labute approximate surface area is 107 Å². The number of nitrogens with two attached hydrogens (primary N) is 1. The average molecular weight is 267 g/mol. The molecular weight excluding hydrogens is 250 g/mol. The number of sulfonamides is 1. The molecule has 0 aliphatic heterocycles. The van der Waals surface area contributed by atoms with Gasteiger partial charge in [-0.1, -0.05) is 25.0 Å². The van der Waals surface area contributed by atoms with E-state index in [0.717, 1.165) is 19.3 Å². The van der Waals surface area contributed by atoms with Crippen LogP contribution in [0.15, 0.2) is 24.3 Å². The molecule has 1 aromatic carbocycles. The first kappa shape index (κ1) is 12.9. The lowest BCUT2D eigenvalue weighted by Crippen LogP contribution is -2.18. The molecule has 6 heteroatoms. The summed E-state index contributed by atoms with van der Waals surface area (Å²) in [5.41, 5.74) is 6.33. The summed E-state index contributed by atoms with van der Waals surface area (Å²) < 4.78 is 26.2. The first-order valence-electron chi connectivity index (χ1n) is 5.91. The molecule has 18 heavy (non-hydrogen) atoms. The van der Waals surface area contributed by atoms with Gasteiger partial charge >= 0.3 is 0 Å². The largest absolute Gasteiger partial charge is 0.384 e. The highest BCUT2D eigenvalue weighted by atomic mass is 32.2. The van der Waals surface area contributed by atoms with Crippen LogP contribution in [0.4, 0.5) is 5.69 Å². The van der Waals surface area contributed by atoms with Gasteiger partial charge in [-0.25, -0.2) is 8.42 Å². The Morgan fingerprint density at radius 3 is 2.78 bits per heavy atom. The first-order chi connectivity index (χ1) is 8.46. The van der Waals surface area contributed by atoms with Crippen LogP contribution in [0.2, 0.25) is 0 Å². The number of nitrogens with one attached hydrogen (secondary N) is 2. The second kappa shape index (κ2) is 4.97. The predicted molar refractivity (Wildman–Crippen MR) is 72.2 cm³/mol. The molecule has 4 N–H and O–H groups in total. The highest BCUT2D eigenvalue weighted by molar-refractivity contribution is 7.92. The van der Waals surface area contributed by atoms with Gasteiger partial charge in [0, 0.05) is 11.3 Å². The quantitative estimate of drug-likeness (QED) is 0.538. The molecule has 1 saturated carbocycles. The Morgan fingerprint density at radius 2 is 2.17 bits per heavy atom. The second-order valence-corrected chi connectivity index (χ2v) is 6.49. The summed E-state index contributed by atoms with van der Waals surface area (Å²) in [6.45, 7) is 0. The van der Waals surface area contributed by atoms with Crippen LogP contribution in [0.1, 0.15) is 24.8 Å².